The summed E-state index contributed by atoms with van der Waals surface area (Å²) in [6, 6.07) is 0. The van der Waals surface area contributed by atoms with Gasteiger partial charge >= 0.3 is 0 Å². The molecule has 0 aromatic carbocycles. The molecule has 0 aromatic heterocycles. The van der Waals surface area contributed by atoms with Crippen LogP contribution in [0.25, 0.3) is 0 Å². The monoisotopic (exact) mass is 308 g/mol. The molecule has 19 heavy (non-hydrogen) atoms. The molecule has 0 saturated heterocycles. The lowest BCUT2D eigenvalue weighted by Crippen LogP contribution is -2.56. The van der Waals surface area contributed by atoms with E-state index < -0.39 is 15.4 Å². The molecule has 0 spiro atoms. The van der Waals surface area contributed by atoms with Crippen LogP contribution in [-0.2, 0) is 14.6 Å². The molecular weight excluding hydrogens is 284 g/mol. The highest BCUT2D eigenvalue weighted by atomic mass is 32.2. The summed E-state index contributed by atoms with van der Waals surface area (Å²) in [5.74, 6) is 1.71. The maximum absolute atomic E-state index is 11.7. The van der Waals surface area contributed by atoms with Gasteiger partial charge in [-0.25, -0.2) is 8.42 Å². The molecule has 112 valence electrons. The minimum Gasteiger partial charge on any atom is -0.368 e. The van der Waals surface area contributed by atoms with Gasteiger partial charge in [0.05, 0.1) is 5.75 Å². The molecule has 1 saturated carbocycles. The van der Waals surface area contributed by atoms with Crippen molar-refractivity contribution in [2.45, 2.75) is 31.2 Å². The van der Waals surface area contributed by atoms with Crippen LogP contribution < -0.4 is 11.1 Å². The zero-order chi connectivity index (χ0) is 14.5. The van der Waals surface area contributed by atoms with E-state index in [0.717, 1.165) is 31.4 Å². The van der Waals surface area contributed by atoms with Crippen LogP contribution >= 0.6 is 11.8 Å². The topological polar surface area (TPSA) is 89.3 Å². The number of carbonyl (C=O) groups excluding carboxylic acids is 1. The van der Waals surface area contributed by atoms with Gasteiger partial charge in [0.15, 0.2) is 0 Å². The van der Waals surface area contributed by atoms with Crippen LogP contribution in [0.3, 0.4) is 0 Å². The maximum atomic E-state index is 11.7. The average Bonchev–Trinajstić information content (AvgIpc) is 2.71. The molecule has 2 atom stereocenters. The van der Waals surface area contributed by atoms with Crippen molar-refractivity contribution in [2.75, 3.05) is 30.6 Å². The molecule has 0 heterocycles. The van der Waals surface area contributed by atoms with Crippen molar-refractivity contribution < 1.29 is 13.2 Å². The first-order valence-corrected chi connectivity index (χ1v) is 9.77. The van der Waals surface area contributed by atoms with Crippen molar-refractivity contribution in [3.05, 3.63) is 0 Å². The van der Waals surface area contributed by atoms with E-state index in [1.807, 2.05) is 0 Å². The minimum absolute atomic E-state index is 0.218. The van der Waals surface area contributed by atoms with E-state index in [4.69, 9.17) is 5.73 Å². The summed E-state index contributed by atoms with van der Waals surface area (Å²) in [5, 5.41) is 3.11. The number of amides is 1. The number of likely N-dealkylation sites (N-methyl/N-ethyl adjacent to an activating group) is 1. The average molecular weight is 308 g/mol. The van der Waals surface area contributed by atoms with Gasteiger partial charge in [-0.2, -0.15) is 11.8 Å². The predicted octanol–water partition coefficient (Wildman–Crippen LogP) is 0.398. The normalized spacial score (nSPS) is 27.6. The second kappa shape index (κ2) is 6.95. The van der Waals surface area contributed by atoms with Crippen molar-refractivity contribution in [2.24, 2.45) is 11.7 Å². The first kappa shape index (κ1) is 16.8. The highest BCUT2D eigenvalue weighted by molar-refractivity contribution is 8.00. The van der Waals surface area contributed by atoms with E-state index in [2.05, 4.69) is 5.32 Å². The number of primary amides is 1. The van der Waals surface area contributed by atoms with E-state index in [0.29, 0.717) is 5.75 Å². The summed E-state index contributed by atoms with van der Waals surface area (Å²) in [6.07, 6.45) is 4.98. The number of sulfone groups is 1. The minimum atomic E-state index is -2.87. The second-order valence-corrected chi connectivity index (χ2v) is 8.69. The SMILES string of the molecule is CNC1(C(N)=O)CCCC1CCSCCS(C)(=O)=O. The standard InChI is InChI=1S/C12H24N2O3S2/c1-14-12(11(13)15)6-3-4-10(12)5-7-18-8-9-19(2,16)17/h10,14H,3-9H2,1-2H3,(H2,13,15). The van der Waals surface area contributed by atoms with Gasteiger partial charge in [0, 0.05) is 12.0 Å². The third-order valence-electron chi connectivity index (χ3n) is 3.92. The molecule has 1 aliphatic carbocycles. The fourth-order valence-electron chi connectivity index (χ4n) is 2.78. The first-order valence-electron chi connectivity index (χ1n) is 6.56. The smallest absolute Gasteiger partial charge is 0.238 e. The fourth-order valence-corrected chi connectivity index (χ4v) is 5.12. The van der Waals surface area contributed by atoms with Crippen molar-refractivity contribution in [3.63, 3.8) is 0 Å². The Morgan fingerprint density at radius 3 is 2.68 bits per heavy atom. The molecule has 1 aliphatic rings. The van der Waals surface area contributed by atoms with Gasteiger partial charge in [0.1, 0.15) is 15.4 Å². The first-order chi connectivity index (χ1) is 8.82. The number of rotatable bonds is 8. The Balaban J connectivity index is 2.38. The molecule has 1 rings (SSSR count). The highest BCUT2D eigenvalue weighted by Gasteiger charge is 2.45. The largest absolute Gasteiger partial charge is 0.368 e. The van der Waals surface area contributed by atoms with Crippen LogP contribution in [-0.4, -0.2) is 50.4 Å². The number of nitrogens with two attached hydrogens (primary N) is 1. The Kier molecular flexibility index (Phi) is 6.14. The van der Waals surface area contributed by atoms with Gasteiger partial charge in [0.2, 0.25) is 5.91 Å². The summed E-state index contributed by atoms with van der Waals surface area (Å²) in [5.41, 5.74) is 4.98. The number of hydrogen-bond donors (Lipinski definition) is 2. The van der Waals surface area contributed by atoms with Crippen LogP contribution in [0, 0.1) is 5.92 Å². The van der Waals surface area contributed by atoms with Gasteiger partial charge in [-0.3, -0.25) is 4.79 Å². The van der Waals surface area contributed by atoms with Crippen molar-refractivity contribution in [1.82, 2.24) is 5.32 Å². The Morgan fingerprint density at radius 1 is 1.47 bits per heavy atom. The van der Waals surface area contributed by atoms with Gasteiger partial charge in [-0.05, 0) is 38.0 Å². The molecule has 5 nitrogen and oxygen atoms in total. The molecular formula is C12H24N2O3S2. The van der Waals surface area contributed by atoms with Gasteiger partial charge in [-0.15, -0.1) is 0 Å². The third-order valence-corrected chi connectivity index (χ3v) is 6.14. The predicted molar refractivity (Wildman–Crippen MR) is 80.0 cm³/mol. The van der Waals surface area contributed by atoms with Crippen molar-refractivity contribution in [3.8, 4) is 0 Å². The Labute approximate surface area is 120 Å². The molecule has 3 N–H and O–H groups in total. The summed E-state index contributed by atoms with van der Waals surface area (Å²) in [4.78, 5) is 11.7. The molecule has 2 unspecified atom stereocenters. The van der Waals surface area contributed by atoms with Crippen molar-refractivity contribution in [1.29, 1.82) is 0 Å². The van der Waals surface area contributed by atoms with Crippen LogP contribution in [0.4, 0.5) is 0 Å². The number of carbonyl (C=O) groups is 1. The Bertz CT molecular complexity index is 411. The van der Waals surface area contributed by atoms with E-state index in [9.17, 15) is 13.2 Å². The number of hydrogen-bond acceptors (Lipinski definition) is 5. The van der Waals surface area contributed by atoms with Crippen LogP contribution in [0.1, 0.15) is 25.7 Å². The molecule has 0 aromatic rings. The van der Waals surface area contributed by atoms with E-state index in [-0.39, 0.29) is 17.6 Å². The van der Waals surface area contributed by atoms with Gasteiger partial charge in [-0.1, -0.05) is 6.42 Å². The summed E-state index contributed by atoms with van der Waals surface area (Å²) < 4.78 is 22.0. The highest BCUT2D eigenvalue weighted by Crippen LogP contribution is 2.38. The molecule has 1 amide bonds. The summed E-state index contributed by atoms with van der Waals surface area (Å²) in [6.45, 7) is 0. The zero-order valence-electron chi connectivity index (χ0n) is 11.6. The lowest BCUT2D eigenvalue weighted by Gasteiger charge is -2.32. The summed E-state index contributed by atoms with van der Waals surface area (Å²) >= 11 is 1.63. The van der Waals surface area contributed by atoms with Crippen LogP contribution in [0.2, 0.25) is 0 Å². The Hall–Kier alpha value is -0.270. The lowest BCUT2D eigenvalue weighted by atomic mass is 9.84. The zero-order valence-corrected chi connectivity index (χ0v) is 13.3. The molecule has 0 radical (unpaired) electrons. The Morgan fingerprint density at radius 2 is 2.16 bits per heavy atom. The third kappa shape index (κ3) is 4.65. The molecule has 0 bridgehead atoms. The van der Waals surface area contributed by atoms with Gasteiger partial charge < -0.3 is 11.1 Å². The lowest BCUT2D eigenvalue weighted by molar-refractivity contribution is -0.125. The fraction of sp³-hybridized carbons (Fsp3) is 0.917. The van der Waals surface area contributed by atoms with Crippen LogP contribution in [0.15, 0.2) is 0 Å². The molecule has 0 aliphatic heterocycles. The van der Waals surface area contributed by atoms with Crippen LogP contribution in [0.5, 0.6) is 0 Å². The maximum Gasteiger partial charge on any atom is 0.238 e. The molecule has 7 heteroatoms. The molecule has 1 fully saturated rings. The summed E-state index contributed by atoms with van der Waals surface area (Å²) in [7, 11) is -1.08. The number of thioether (sulfide) groups is 1. The van der Waals surface area contributed by atoms with E-state index in [1.165, 1.54) is 6.26 Å². The quantitative estimate of drug-likeness (QED) is 0.634. The van der Waals surface area contributed by atoms with E-state index in [1.54, 1.807) is 18.8 Å². The van der Waals surface area contributed by atoms with E-state index >= 15 is 0 Å². The van der Waals surface area contributed by atoms with Gasteiger partial charge in [0.25, 0.3) is 0 Å². The number of nitrogens with one attached hydrogen (secondary N) is 1. The van der Waals surface area contributed by atoms with Crippen molar-refractivity contribution >= 4 is 27.5 Å². The second-order valence-electron chi connectivity index (χ2n) is 5.21.